The number of rotatable bonds is 5. The minimum absolute atomic E-state index is 0.277. The van der Waals surface area contributed by atoms with Gasteiger partial charge in [0.05, 0.1) is 16.4 Å². The summed E-state index contributed by atoms with van der Waals surface area (Å²) >= 11 is 0. The molecule has 0 fully saturated rings. The van der Waals surface area contributed by atoms with E-state index in [0.29, 0.717) is 5.84 Å². The summed E-state index contributed by atoms with van der Waals surface area (Å²) < 4.78 is 30.8. The summed E-state index contributed by atoms with van der Waals surface area (Å²) in [6, 6.07) is 26.2. The molecule has 0 unspecified atom stereocenters. The second-order valence-electron chi connectivity index (χ2n) is 10.4. The predicted octanol–water partition coefficient (Wildman–Crippen LogP) is 7.57. The molecule has 190 valence electrons. The van der Waals surface area contributed by atoms with Gasteiger partial charge in [-0.2, -0.15) is 0 Å². The van der Waals surface area contributed by atoms with Gasteiger partial charge < -0.3 is 0 Å². The van der Waals surface area contributed by atoms with E-state index in [-0.39, 0.29) is 10.9 Å². The molecule has 1 aliphatic carbocycles. The molecule has 0 aromatic heterocycles. The molecule has 3 aromatic rings. The summed E-state index contributed by atoms with van der Waals surface area (Å²) in [6.07, 6.45) is 0. The van der Waals surface area contributed by atoms with Crippen molar-refractivity contribution in [1.29, 1.82) is 0 Å². The lowest BCUT2D eigenvalue weighted by Gasteiger charge is -2.37. The molecule has 0 spiro atoms. The number of benzene rings is 3. The Morgan fingerprint density at radius 1 is 0.703 bits per heavy atom. The molecule has 3 aromatic carbocycles. The first-order chi connectivity index (χ1) is 17.6. The molecule has 0 N–H and O–H groups in total. The third-order valence-corrected chi connectivity index (χ3v) is 10.3. The van der Waals surface area contributed by atoms with Gasteiger partial charge >= 0.3 is 0 Å². The van der Waals surface area contributed by atoms with E-state index in [1.165, 1.54) is 11.1 Å². The van der Waals surface area contributed by atoms with Crippen molar-refractivity contribution >= 4 is 15.9 Å². The number of hydrogen-bond acceptors (Lipinski definition) is 3. The van der Waals surface area contributed by atoms with Crippen molar-refractivity contribution in [1.82, 2.24) is 4.31 Å². The van der Waals surface area contributed by atoms with Gasteiger partial charge in [0.1, 0.15) is 11.9 Å². The number of amidine groups is 1. The summed E-state index contributed by atoms with van der Waals surface area (Å²) in [5, 5.41) is 0. The van der Waals surface area contributed by atoms with Crippen molar-refractivity contribution in [2.24, 2.45) is 10.4 Å². The Bertz CT molecular complexity index is 1510. The van der Waals surface area contributed by atoms with Gasteiger partial charge in [0.15, 0.2) is 0 Å². The van der Waals surface area contributed by atoms with Crippen molar-refractivity contribution in [3.63, 3.8) is 0 Å². The normalized spacial score (nSPS) is 21.6. The van der Waals surface area contributed by atoms with Crippen LogP contribution in [0, 0.1) is 12.3 Å². The van der Waals surface area contributed by atoms with Crippen molar-refractivity contribution in [3.05, 3.63) is 124 Å². The zero-order valence-corrected chi connectivity index (χ0v) is 23.2. The highest BCUT2D eigenvalue weighted by Crippen LogP contribution is 2.55. The molecule has 0 bridgehead atoms. The van der Waals surface area contributed by atoms with Crippen LogP contribution in [0.3, 0.4) is 0 Å². The van der Waals surface area contributed by atoms with E-state index < -0.39 is 21.5 Å². The fraction of sp³-hybridized carbons (Fsp3) is 0.281. The Morgan fingerprint density at radius 3 is 1.70 bits per heavy atom. The molecule has 0 saturated carbocycles. The summed E-state index contributed by atoms with van der Waals surface area (Å²) in [5.41, 5.74) is 6.99. The second-order valence-corrected chi connectivity index (χ2v) is 12.2. The first kappa shape index (κ1) is 25.2. The van der Waals surface area contributed by atoms with Gasteiger partial charge in [0, 0.05) is 0 Å². The smallest absolute Gasteiger partial charge is 0.260 e. The molecule has 0 amide bonds. The molecule has 5 rings (SSSR count). The average Bonchev–Trinajstić information content (AvgIpc) is 3.39. The van der Waals surface area contributed by atoms with Gasteiger partial charge in [-0.3, -0.25) is 4.99 Å². The highest BCUT2D eigenvalue weighted by atomic mass is 32.2. The molecule has 1 heterocycles. The number of nitrogens with zero attached hydrogens (tertiary/aromatic N) is 2. The van der Waals surface area contributed by atoms with E-state index >= 15 is 0 Å². The van der Waals surface area contributed by atoms with Gasteiger partial charge in [0.25, 0.3) is 10.0 Å². The maximum atomic E-state index is 14.6. The lowest BCUT2D eigenvalue weighted by molar-refractivity contribution is 0.405. The number of aliphatic imine (C=N–C) groups is 1. The third kappa shape index (κ3) is 3.88. The van der Waals surface area contributed by atoms with Crippen LogP contribution < -0.4 is 0 Å². The average molecular weight is 511 g/mol. The first-order valence-corrected chi connectivity index (χ1v) is 14.2. The van der Waals surface area contributed by atoms with Crippen LogP contribution in [0.2, 0.25) is 0 Å². The molecule has 1 aliphatic heterocycles. The highest BCUT2D eigenvalue weighted by Gasteiger charge is 2.53. The molecule has 2 aliphatic rings. The Morgan fingerprint density at radius 2 is 1.19 bits per heavy atom. The zero-order valence-electron chi connectivity index (χ0n) is 22.4. The van der Waals surface area contributed by atoms with Crippen LogP contribution in [0.5, 0.6) is 0 Å². The SMILES string of the molecule is CC1=C(C)C(C)(C2=N[C@H](c3ccccc3)[C@@H](c3ccccc3)N2S(=O)(=O)c2ccc(C)cc2)C(C)=C1C. The van der Waals surface area contributed by atoms with Crippen LogP contribution >= 0.6 is 0 Å². The molecule has 0 radical (unpaired) electrons. The highest BCUT2D eigenvalue weighted by molar-refractivity contribution is 7.89. The standard InChI is InChI=1S/C32H34N2O2S/c1-21-17-19-28(20-18-21)37(35,36)34-30(27-15-11-8-12-16-27)29(26-13-9-7-10-14-26)33-31(34)32(6)24(4)22(2)23(3)25(32)5/h7-20,29-30H,1-6H3/t29-,30-/m1/s1. The van der Waals surface area contributed by atoms with Crippen LogP contribution in [0.4, 0.5) is 0 Å². The fourth-order valence-electron chi connectivity index (χ4n) is 5.76. The van der Waals surface area contributed by atoms with Crippen molar-refractivity contribution in [2.75, 3.05) is 0 Å². The van der Waals surface area contributed by atoms with E-state index in [1.54, 1.807) is 16.4 Å². The quantitative estimate of drug-likeness (QED) is 0.355. The van der Waals surface area contributed by atoms with E-state index in [1.807, 2.05) is 79.7 Å². The first-order valence-electron chi connectivity index (χ1n) is 12.7. The molecule has 37 heavy (non-hydrogen) atoms. The molecular weight excluding hydrogens is 476 g/mol. The van der Waals surface area contributed by atoms with Gasteiger partial charge in [-0.15, -0.1) is 0 Å². The number of sulfonamides is 1. The van der Waals surface area contributed by atoms with E-state index in [4.69, 9.17) is 4.99 Å². The van der Waals surface area contributed by atoms with Crippen LogP contribution in [0.1, 0.15) is 63.4 Å². The topological polar surface area (TPSA) is 49.7 Å². The Labute approximate surface area is 221 Å². The Balaban J connectivity index is 1.82. The lowest BCUT2D eigenvalue weighted by Crippen LogP contribution is -2.45. The molecular formula is C32H34N2O2S. The van der Waals surface area contributed by atoms with Gasteiger partial charge in [-0.25, -0.2) is 12.7 Å². The van der Waals surface area contributed by atoms with Crippen LogP contribution in [-0.4, -0.2) is 18.6 Å². The molecule has 2 atom stereocenters. The summed E-state index contributed by atoms with van der Waals surface area (Å²) in [7, 11) is -3.94. The van der Waals surface area contributed by atoms with Gasteiger partial charge in [-0.05, 0) is 75.9 Å². The number of aryl methyl sites for hydroxylation is 1. The van der Waals surface area contributed by atoms with Crippen molar-refractivity contribution < 1.29 is 8.42 Å². The van der Waals surface area contributed by atoms with Crippen LogP contribution in [-0.2, 0) is 10.0 Å². The van der Waals surface area contributed by atoms with Crippen molar-refractivity contribution in [2.45, 2.75) is 58.5 Å². The third-order valence-electron chi connectivity index (χ3n) is 8.52. The maximum Gasteiger partial charge on any atom is 0.265 e. The number of allylic oxidation sites excluding steroid dienone is 2. The Kier molecular flexibility index (Phi) is 6.23. The fourth-order valence-corrected chi connectivity index (χ4v) is 7.46. The van der Waals surface area contributed by atoms with Gasteiger partial charge in [-0.1, -0.05) is 89.5 Å². The largest absolute Gasteiger partial charge is 0.265 e. The van der Waals surface area contributed by atoms with E-state index in [2.05, 4.69) is 34.6 Å². The zero-order chi connectivity index (χ0) is 26.5. The predicted molar refractivity (Wildman–Crippen MR) is 151 cm³/mol. The van der Waals surface area contributed by atoms with Crippen LogP contribution in [0.25, 0.3) is 0 Å². The second kappa shape index (κ2) is 9.14. The lowest BCUT2D eigenvalue weighted by atomic mass is 9.78. The summed E-state index contributed by atoms with van der Waals surface area (Å²) in [5.74, 6) is 0.585. The number of hydrogen-bond donors (Lipinski definition) is 0. The van der Waals surface area contributed by atoms with E-state index in [0.717, 1.165) is 27.8 Å². The minimum atomic E-state index is -3.94. The summed E-state index contributed by atoms with van der Waals surface area (Å²) in [4.78, 5) is 5.60. The minimum Gasteiger partial charge on any atom is -0.260 e. The molecule has 4 nitrogen and oxygen atoms in total. The molecule has 5 heteroatoms. The summed E-state index contributed by atoms with van der Waals surface area (Å²) in [6.45, 7) is 12.6. The maximum absolute atomic E-state index is 14.6. The Hall–Kier alpha value is -3.44. The van der Waals surface area contributed by atoms with Crippen molar-refractivity contribution in [3.8, 4) is 0 Å². The monoisotopic (exact) mass is 510 g/mol. The van der Waals surface area contributed by atoms with Crippen LogP contribution in [0.15, 0.2) is 117 Å². The van der Waals surface area contributed by atoms with Gasteiger partial charge in [0.2, 0.25) is 0 Å². The van der Waals surface area contributed by atoms with E-state index in [9.17, 15) is 8.42 Å². The molecule has 0 saturated heterocycles.